The van der Waals surface area contributed by atoms with Crippen LogP contribution >= 0.6 is 0 Å². The van der Waals surface area contributed by atoms with E-state index in [0.29, 0.717) is 18.8 Å². The Hall–Kier alpha value is -2.00. The number of primary amides is 1. The number of rotatable bonds is 4. The van der Waals surface area contributed by atoms with Crippen molar-refractivity contribution in [2.24, 2.45) is 10.9 Å². The number of nitrogens with two attached hydrogens (primary N) is 2. The average Bonchev–Trinajstić information content (AvgIpc) is 2.37. The molecule has 0 aliphatic carbocycles. The van der Waals surface area contributed by atoms with Gasteiger partial charge in [0.25, 0.3) is 10.2 Å². The van der Waals surface area contributed by atoms with Crippen LogP contribution in [0.2, 0.25) is 0 Å². The molecule has 21 heavy (non-hydrogen) atoms. The van der Waals surface area contributed by atoms with E-state index < -0.39 is 16.2 Å². The molecule has 0 unspecified atom stereocenters. The minimum Gasteiger partial charge on any atom is -0.382 e. The molecule has 1 fully saturated rings. The second-order valence-corrected chi connectivity index (χ2v) is 6.27. The maximum absolute atomic E-state index is 11.0. The molecule has 0 aromatic heterocycles. The van der Waals surface area contributed by atoms with E-state index in [4.69, 9.17) is 10.9 Å². The van der Waals surface area contributed by atoms with Gasteiger partial charge in [-0.05, 0) is 31.0 Å². The Bertz CT molecular complexity index is 611. The van der Waals surface area contributed by atoms with Gasteiger partial charge in [0.15, 0.2) is 0 Å². The summed E-state index contributed by atoms with van der Waals surface area (Å²) < 4.78 is 24.2. The first kappa shape index (κ1) is 15.4. The molecule has 0 bridgehead atoms. The fraction of sp³-hybridized carbons (Fsp3) is 0.417. The molecule has 1 aromatic rings. The normalized spacial score (nSPS) is 16.5. The SMILES string of the molecule is NC(=O)N1CCC(Nc2cccc(NS(N)(=O)=O)c2)CC1. The highest BCUT2D eigenvalue weighted by molar-refractivity contribution is 7.90. The summed E-state index contributed by atoms with van der Waals surface area (Å²) in [4.78, 5) is 12.7. The van der Waals surface area contributed by atoms with Crippen molar-refractivity contribution in [1.82, 2.24) is 4.90 Å². The van der Waals surface area contributed by atoms with Crippen LogP contribution in [0.5, 0.6) is 0 Å². The molecule has 0 atom stereocenters. The lowest BCUT2D eigenvalue weighted by molar-refractivity contribution is 0.193. The number of anilines is 2. The van der Waals surface area contributed by atoms with Crippen molar-refractivity contribution >= 4 is 27.6 Å². The molecule has 0 spiro atoms. The van der Waals surface area contributed by atoms with Crippen LogP contribution in [-0.2, 0) is 10.2 Å². The number of nitrogens with zero attached hydrogens (tertiary/aromatic N) is 1. The van der Waals surface area contributed by atoms with Crippen LogP contribution in [-0.4, -0.2) is 38.5 Å². The fourth-order valence-electron chi connectivity index (χ4n) is 2.32. The molecule has 8 nitrogen and oxygen atoms in total. The van der Waals surface area contributed by atoms with Crippen molar-refractivity contribution in [3.63, 3.8) is 0 Å². The van der Waals surface area contributed by atoms with Gasteiger partial charge in [-0.15, -0.1) is 0 Å². The van der Waals surface area contributed by atoms with E-state index in [-0.39, 0.29) is 6.04 Å². The summed E-state index contributed by atoms with van der Waals surface area (Å²) in [6, 6.07) is 6.68. The maximum atomic E-state index is 11.0. The third-order valence-corrected chi connectivity index (χ3v) is 3.82. The van der Waals surface area contributed by atoms with E-state index in [2.05, 4.69) is 10.0 Å². The van der Waals surface area contributed by atoms with Gasteiger partial charge in [-0.2, -0.15) is 8.42 Å². The van der Waals surface area contributed by atoms with Crippen molar-refractivity contribution in [2.45, 2.75) is 18.9 Å². The molecule has 9 heteroatoms. The Labute approximate surface area is 123 Å². The topological polar surface area (TPSA) is 131 Å². The highest BCUT2D eigenvalue weighted by Gasteiger charge is 2.20. The van der Waals surface area contributed by atoms with Crippen LogP contribution in [0.25, 0.3) is 0 Å². The highest BCUT2D eigenvalue weighted by Crippen LogP contribution is 2.20. The van der Waals surface area contributed by atoms with Gasteiger partial charge in [0.1, 0.15) is 0 Å². The Kier molecular flexibility index (Phi) is 4.53. The number of amides is 2. The summed E-state index contributed by atoms with van der Waals surface area (Å²) in [7, 11) is -3.78. The molecule has 0 radical (unpaired) electrons. The zero-order chi connectivity index (χ0) is 15.5. The number of benzene rings is 1. The molecule has 1 aliphatic rings. The lowest BCUT2D eigenvalue weighted by atomic mass is 10.0. The molecule has 1 heterocycles. The number of carbonyl (C=O) groups is 1. The molecule has 0 saturated carbocycles. The molecule has 2 amide bonds. The van der Waals surface area contributed by atoms with Crippen molar-refractivity contribution in [3.8, 4) is 0 Å². The number of nitrogens with one attached hydrogen (secondary N) is 2. The Morgan fingerprint density at radius 2 is 1.86 bits per heavy atom. The summed E-state index contributed by atoms with van der Waals surface area (Å²) in [5.41, 5.74) is 6.43. The smallest absolute Gasteiger partial charge is 0.314 e. The predicted octanol–water partition coefficient (Wildman–Crippen LogP) is 0.257. The predicted molar refractivity (Wildman–Crippen MR) is 81.0 cm³/mol. The summed E-state index contributed by atoms with van der Waals surface area (Å²) in [6.07, 6.45) is 1.57. The number of hydrogen-bond acceptors (Lipinski definition) is 4. The third-order valence-electron chi connectivity index (χ3n) is 3.30. The molecule has 1 aromatic carbocycles. The second kappa shape index (κ2) is 6.19. The minimum absolute atomic E-state index is 0.213. The summed E-state index contributed by atoms with van der Waals surface area (Å²) >= 11 is 0. The van der Waals surface area contributed by atoms with Crippen LogP contribution in [0.4, 0.5) is 16.2 Å². The largest absolute Gasteiger partial charge is 0.382 e. The lowest BCUT2D eigenvalue weighted by Gasteiger charge is -2.31. The molecular weight excluding hydrogens is 294 g/mol. The van der Waals surface area contributed by atoms with Crippen LogP contribution in [0.15, 0.2) is 24.3 Å². The van der Waals surface area contributed by atoms with Gasteiger partial charge in [0.2, 0.25) is 0 Å². The van der Waals surface area contributed by atoms with Gasteiger partial charge >= 0.3 is 6.03 Å². The zero-order valence-corrected chi connectivity index (χ0v) is 12.3. The van der Waals surface area contributed by atoms with Crippen LogP contribution in [0.3, 0.4) is 0 Å². The standard InChI is InChI=1S/C12H19N5O3S/c13-12(18)17-6-4-9(5-7-17)15-10-2-1-3-11(8-10)16-21(14,19)20/h1-3,8-9,15-16H,4-7H2,(H2,13,18)(H2,14,19,20). The molecule has 1 aliphatic heterocycles. The maximum Gasteiger partial charge on any atom is 0.314 e. The van der Waals surface area contributed by atoms with Gasteiger partial charge in [-0.1, -0.05) is 6.07 Å². The zero-order valence-electron chi connectivity index (χ0n) is 11.5. The Morgan fingerprint density at radius 3 is 2.43 bits per heavy atom. The second-order valence-electron chi connectivity index (χ2n) is 4.97. The number of likely N-dealkylation sites (tertiary alicyclic amines) is 1. The van der Waals surface area contributed by atoms with Crippen molar-refractivity contribution in [3.05, 3.63) is 24.3 Å². The van der Waals surface area contributed by atoms with Crippen molar-refractivity contribution in [2.75, 3.05) is 23.1 Å². The first-order chi connectivity index (χ1) is 9.83. The number of urea groups is 1. The van der Waals surface area contributed by atoms with Gasteiger partial charge in [0, 0.05) is 24.8 Å². The van der Waals surface area contributed by atoms with E-state index in [1.165, 1.54) is 0 Å². The number of piperidine rings is 1. The van der Waals surface area contributed by atoms with Gasteiger partial charge in [-0.3, -0.25) is 4.72 Å². The van der Waals surface area contributed by atoms with Gasteiger partial charge < -0.3 is 16.0 Å². The van der Waals surface area contributed by atoms with Crippen LogP contribution < -0.4 is 20.9 Å². The number of hydrogen-bond donors (Lipinski definition) is 4. The van der Waals surface area contributed by atoms with E-state index in [0.717, 1.165) is 18.5 Å². The number of carbonyl (C=O) groups excluding carboxylic acids is 1. The van der Waals surface area contributed by atoms with Gasteiger partial charge in [-0.25, -0.2) is 9.93 Å². The third kappa shape index (κ3) is 4.80. The summed E-state index contributed by atoms with van der Waals surface area (Å²) in [5, 5.41) is 8.25. The first-order valence-electron chi connectivity index (χ1n) is 6.55. The fourth-order valence-corrected chi connectivity index (χ4v) is 2.77. The molecule has 6 N–H and O–H groups in total. The van der Waals surface area contributed by atoms with Crippen LogP contribution in [0, 0.1) is 0 Å². The summed E-state index contributed by atoms with van der Waals surface area (Å²) in [6.45, 7) is 1.23. The van der Waals surface area contributed by atoms with Gasteiger partial charge in [0.05, 0.1) is 5.69 Å². The lowest BCUT2D eigenvalue weighted by Crippen LogP contribution is -2.44. The minimum atomic E-state index is -3.78. The average molecular weight is 313 g/mol. The van der Waals surface area contributed by atoms with E-state index in [1.807, 2.05) is 6.07 Å². The quantitative estimate of drug-likeness (QED) is 0.635. The Morgan fingerprint density at radius 1 is 1.24 bits per heavy atom. The van der Waals surface area contributed by atoms with E-state index in [9.17, 15) is 13.2 Å². The van der Waals surface area contributed by atoms with E-state index >= 15 is 0 Å². The molecule has 1 saturated heterocycles. The van der Waals surface area contributed by atoms with Crippen molar-refractivity contribution in [1.29, 1.82) is 0 Å². The Balaban J connectivity index is 1.95. The summed E-state index contributed by atoms with van der Waals surface area (Å²) in [5.74, 6) is 0. The first-order valence-corrected chi connectivity index (χ1v) is 8.09. The monoisotopic (exact) mass is 313 g/mol. The highest BCUT2D eigenvalue weighted by atomic mass is 32.2. The molecule has 116 valence electrons. The van der Waals surface area contributed by atoms with Crippen LogP contribution in [0.1, 0.15) is 12.8 Å². The molecular formula is C12H19N5O3S. The van der Waals surface area contributed by atoms with Crippen molar-refractivity contribution < 1.29 is 13.2 Å². The van der Waals surface area contributed by atoms with E-state index in [1.54, 1.807) is 23.1 Å². The molecule has 2 rings (SSSR count).